The summed E-state index contributed by atoms with van der Waals surface area (Å²) >= 11 is 0. The number of amides is 2. The lowest BCUT2D eigenvalue weighted by Crippen LogP contribution is -2.43. The highest BCUT2D eigenvalue weighted by atomic mass is 19.1. The number of carbonyl (C=O) groups excluding carboxylic acids is 1. The molecule has 0 aliphatic rings. The van der Waals surface area contributed by atoms with E-state index in [0.717, 1.165) is 6.07 Å². The van der Waals surface area contributed by atoms with Gasteiger partial charge in [-0.2, -0.15) is 0 Å². The van der Waals surface area contributed by atoms with E-state index in [-0.39, 0.29) is 17.4 Å². The van der Waals surface area contributed by atoms with Gasteiger partial charge in [-0.25, -0.2) is 14.0 Å². The Labute approximate surface area is 122 Å². The fraction of sp³-hybridized carbons (Fsp3) is 0.429. The number of halogens is 1. The number of benzene rings is 1. The summed E-state index contributed by atoms with van der Waals surface area (Å²) in [6, 6.07) is 1.95. The lowest BCUT2D eigenvalue weighted by atomic mass is 10.0. The van der Waals surface area contributed by atoms with E-state index >= 15 is 0 Å². The van der Waals surface area contributed by atoms with Crippen molar-refractivity contribution in [2.75, 3.05) is 12.4 Å². The Hall–Kier alpha value is -2.31. The number of carbonyl (C=O) groups is 2. The van der Waals surface area contributed by atoms with Crippen LogP contribution in [0.25, 0.3) is 0 Å². The summed E-state index contributed by atoms with van der Waals surface area (Å²) in [4.78, 5) is 22.9. The molecule has 0 unspecified atom stereocenters. The van der Waals surface area contributed by atoms with Crippen LogP contribution in [0.5, 0.6) is 5.75 Å². The van der Waals surface area contributed by atoms with Crippen molar-refractivity contribution in [3.63, 3.8) is 0 Å². The molecule has 116 valence electrons. The van der Waals surface area contributed by atoms with E-state index < -0.39 is 23.9 Å². The molecule has 0 saturated carbocycles. The smallest absolute Gasteiger partial charge is 0.326 e. The molecule has 7 heteroatoms. The number of ether oxygens (including phenoxy) is 1. The van der Waals surface area contributed by atoms with E-state index in [2.05, 4.69) is 10.6 Å². The summed E-state index contributed by atoms with van der Waals surface area (Å²) in [6.45, 7) is 3.72. The van der Waals surface area contributed by atoms with Crippen molar-refractivity contribution in [2.24, 2.45) is 5.92 Å². The maximum absolute atomic E-state index is 13.0. The van der Waals surface area contributed by atoms with Crippen molar-refractivity contribution in [3.05, 3.63) is 24.0 Å². The summed E-state index contributed by atoms with van der Waals surface area (Å²) < 4.78 is 18.0. The third-order valence-corrected chi connectivity index (χ3v) is 2.72. The second-order valence-corrected chi connectivity index (χ2v) is 4.96. The summed E-state index contributed by atoms with van der Waals surface area (Å²) in [5.41, 5.74) is 0.255. The second-order valence-electron chi connectivity index (χ2n) is 4.96. The maximum Gasteiger partial charge on any atom is 0.326 e. The Balaban J connectivity index is 2.74. The number of nitrogens with one attached hydrogen (secondary N) is 2. The van der Waals surface area contributed by atoms with Gasteiger partial charge in [-0.1, -0.05) is 13.8 Å². The highest BCUT2D eigenvalue weighted by Gasteiger charge is 2.21. The van der Waals surface area contributed by atoms with Crippen LogP contribution >= 0.6 is 0 Å². The summed E-state index contributed by atoms with van der Waals surface area (Å²) in [7, 11) is 1.34. The number of hydrogen-bond acceptors (Lipinski definition) is 3. The van der Waals surface area contributed by atoms with Gasteiger partial charge in [0.05, 0.1) is 12.8 Å². The average Bonchev–Trinajstić information content (AvgIpc) is 2.39. The predicted molar refractivity (Wildman–Crippen MR) is 76.0 cm³/mol. The number of hydrogen-bond donors (Lipinski definition) is 3. The molecule has 1 aromatic carbocycles. The van der Waals surface area contributed by atoms with Gasteiger partial charge in [-0.05, 0) is 24.5 Å². The van der Waals surface area contributed by atoms with Crippen LogP contribution < -0.4 is 15.4 Å². The van der Waals surface area contributed by atoms with E-state index in [1.807, 2.05) is 13.8 Å². The highest BCUT2D eigenvalue weighted by Crippen LogP contribution is 2.24. The van der Waals surface area contributed by atoms with Gasteiger partial charge in [-0.3, -0.25) is 0 Å². The molecule has 0 heterocycles. The Morgan fingerprint density at radius 2 is 2.05 bits per heavy atom. The zero-order valence-electron chi connectivity index (χ0n) is 12.1. The minimum atomic E-state index is -1.11. The molecule has 0 aliphatic carbocycles. The highest BCUT2D eigenvalue weighted by molar-refractivity contribution is 5.93. The molecule has 3 N–H and O–H groups in total. The van der Waals surface area contributed by atoms with Crippen LogP contribution in [-0.4, -0.2) is 30.3 Å². The number of anilines is 1. The molecule has 0 bridgehead atoms. The molecule has 2 amide bonds. The average molecular weight is 298 g/mol. The van der Waals surface area contributed by atoms with Crippen LogP contribution in [-0.2, 0) is 4.79 Å². The molecular weight excluding hydrogens is 279 g/mol. The van der Waals surface area contributed by atoms with Crippen LogP contribution in [0.2, 0.25) is 0 Å². The molecule has 0 aliphatic heterocycles. The SMILES string of the molecule is COc1cc(F)ccc1NC(=O)N[C@H](CC(C)C)C(=O)O. The lowest BCUT2D eigenvalue weighted by Gasteiger charge is -2.17. The molecule has 0 radical (unpaired) electrons. The van der Waals surface area contributed by atoms with Gasteiger partial charge in [0.2, 0.25) is 0 Å². The number of carboxylic acid groups (broad SMARTS) is 1. The van der Waals surface area contributed by atoms with E-state index in [9.17, 15) is 14.0 Å². The normalized spacial score (nSPS) is 11.9. The Morgan fingerprint density at radius 3 is 2.57 bits per heavy atom. The van der Waals surface area contributed by atoms with Crippen molar-refractivity contribution < 1.29 is 23.8 Å². The van der Waals surface area contributed by atoms with Crippen LogP contribution in [0.3, 0.4) is 0 Å². The van der Waals surface area contributed by atoms with Crippen LogP contribution in [0.15, 0.2) is 18.2 Å². The van der Waals surface area contributed by atoms with Crippen molar-refractivity contribution in [3.8, 4) is 5.75 Å². The van der Waals surface area contributed by atoms with Crippen molar-refractivity contribution >= 4 is 17.7 Å². The number of urea groups is 1. The van der Waals surface area contributed by atoms with E-state index in [1.165, 1.54) is 19.2 Å². The zero-order valence-corrected chi connectivity index (χ0v) is 12.1. The summed E-state index contributed by atoms with van der Waals surface area (Å²) in [5, 5.41) is 13.9. The van der Waals surface area contributed by atoms with E-state index in [1.54, 1.807) is 0 Å². The molecule has 0 fully saturated rings. The minimum Gasteiger partial charge on any atom is -0.494 e. The first-order valence-electron chi connectivity index (χ1n) is 6.47. The molecule has 6 nitrogen and oxygen atoms in total. The molecule has 1 rings (SSSR count). The van der Waals surface area contributed by atoms with Gasteiger partial charge in [0.25, 0.3) is 0 Å². The van der Waals surface area contributed by atoms with Gasteiger partial charge in [-0.15, -0.1) is 0 Å². The molecule has 1 aromatic rings. The molecule has 1 atom stereocenters. The summed E-state index contributed by atoms with van der Waals surface area (Å²) in [5.74, 6) is -1.33. The third-order valence-electron chi connectivity index (χ3n) is 2.72. The van der Waals surface area contributed by atoms with Crippen molar-refractivity contribution in [1.29, 1.82) is 0 Å². The molecule has 0 aromatic heterocycles. The van der Waals surface area contributed by atoms with Gasteiger partial charge in [0, 0.05) is 6.07 Å². The molecular formula is C14H19FN2O4. The van der Waals surface area contributed by atoms with Crippen molar-refractivity contribution in [1.82, 2.24) is 5.32 Å². The van der Waals surface area contributed by atoms with Gasteiger partial charge < -0.3 is 20.5 Å². The standard InChI is InChI=1S/C14H19FN2O4/c1-8(2)6-11(13(18)19)17-14(20)16-10-5-4-9(15)7-12(10)21-3/h4-5,7-8,11H,6H2,1-3H3,(H,18,19)(H2,16,17,20)/t11-/m1/s1. The zero-order chi connectivity index (χ0) is 16.0. The first-order chi connectivity index (χ1) is 9.83. The number of carboxylic acids is 1. The number of aliphatic carboxylic acids is 1. The Bertz CT molecular complexity index is 520. The third kappa shape index (κ3) is 5.29. The quantitative estimate of drug-likeness (QED) is 0.752. The molecule has 0 spiro atoms. The van der Waals surface area contributed by atoms with E-state index in [4.69, 9.17) is 9.84 Å². The first-order valence-corrected chi connectivity index (χ1v) is 6.47. The Kier molecular flexibility index (Phi) is 5.95. The van der Waals surface area contributed by atoms with Crippen molar-refractivity contribution in [2.45, 2.75) is 26.3 Å². The second kappa shape index (κ2) is 7.47. The topological polar surface area (TPSA) is 87.7 Å². The fourth-order valence-corrected chi connectivity index (χ4v) is 1.78. The maximum atomic E-state index is 13.0. The van der Waals surface area contributed by atoms with Crippen LogP contribution in [0.4, 0.5) is 14.9 Å². The Morgan fingerprint density at radius 1 is 1.38 bits per heavy atom. The van der Waals surface area contributed by atoms with Crippen LogP contribution in [0.1, 0.15) is 20.3 Å². The number of rotatable bonds is 6. The number of methoxy groups -OCH3 is 1. The van der Waals surface area contributed by atoms with Gasteiger partial charge in [0.1, 0.15) is 17.6 Å². The minimum absolute atomic E-state index is 0.117. The largest absolute Gasteiger partial charge is 0.494 e. The van der Waals surface area contributed by atoms with E-state index in [0.29, 0.717) is 6.42 Å². The monoisotopic (exact) mass is 298 g/mol. The molecule has 0 saturated heterocycles. The fourth-order valence-electron chi connectivity index (χ4n) is 1.78. The van der Waals surface area contributed by atoms with Gasteiger partial charge >= 0.3 is 12.0 Å². The summed E-state index contributed by atoms with van der Waals surface area (Å²) in [6.07, 6.45) is 0.309. The lowest BCUT2D eigenvalue weighted by molar-refractivity contribution is -0.139. The first kappa shape index (κ1) is 16.7. The van der Waals surface area contributed by atoms with Crippen LogP contribution in [0, 0.1) is 11.7 Å². The van der Waals surface area contributed by atoms with Gasteiger partial charge in [0.15, 0.2) is 0 Å². The predicted octanol–water partition coefficient (Wildman–Crippen LogP) is 2.46. The molecule has 21 heavy (non-hydrogen) atoms.